The molecule has 0 saturated carbocycles. The molecule has 3 aromatic rings. The molecule has 146 valence electrons. The summed E-state index contributed by atoms with van der Waals surface area (Å²) in [7, 11) is 0. The summed E-state index contributed by atoms with van der Waals surface area (Å²) in [5, 5.41) is 14.1. The molecule has 0 unspecified atom stereocenters. The van der Waals surface area contributed by atoms with Crippen molar-refractivity contribution in [2.45, 2.75) is 39.7 Å². The van der Waals surface area contributed by atoms with E-state index in [-0.39, 0.29) is 23.0 Å². The van der Waals surface area contributed by atoms with Crippen LogP contribution < -0.4 is 5.56 Å². The lowest BCUT2D eigenvalue weighted by molar-refractivity contribution is 0.433. The molecule has 0 atom stereocenters. The van der Waals surface area contributed by atoms with Crippen molar-refractivity contribution in [3.8, 4) is 16.9 Å². The van der Waals surface area contributed by atoms with Gasteiger partial charge in [0.25, 0.3) is 5.56 Å². The van der Waals surface area contributed by atoms with Crippen molar-refractivity contribution >= 4 is 0 Å². The number of halogens is 2. The summed E-state index contributed by atoms with van der Waals surface area (Å²) in [5.41, 5.74) is 1.84. The quantitative estimate of drug-likeness (QED) is 0.701. The lowest BCUT2D eigenvalue weighted by atomic mass is 9.94. The average molecular weight is 384 g/mol. The van der Waals surface area contributed by atoms with Gasteiger partial charge in [-0.2, -0.15) is 5.10 Å². The van der Waals surface area contributed by atoms with E-state index < -0.39 is 11.6 Å². The van der Waals surface area contributed by atoms with Crippen LogP contribution in [-0.4, -0.2) is 14.9 Å². The SMILES string of the molecule is Cc1nn(C(C)C)c(=O)c(CCc2cccc(F)c2)c1-c1cccc(O)c1F. The Morgan fingerprint density at radius 2 is 1.82 bits per heavy atom. The lowest BCUT2D eigenvalue weighted by Gasteiger charge is -2.18. The first-order chi connectivity index (χ1) is 13.3. The number of phenols is 1. The number of rotatable bonds is 5. The minimum atomic E-state index is -0.791. The maximum atomic E-state index is 14.6. The molecule has 0 aliphatic carbocycles. The highest BCUT2D eigenvalue weighted by Crippen LogP contribution is 2.32. The lowest BCUT2D eigenvalue weighted by Crippen LogP contribution is -2.30. The molecular formula is C22H22F2N2O2. The average Bonchev–Trinajstić information content (AvgIpc) is 2.64. The topological polar surface area (TPSA) is 55.1 Å². The summed E-state index contributed by atoms with van der Waals surface area (Å²) < 4.78 is 29.5. The fourth-order valence-corrected chi connectivity index (χ4v) is 3.33. The summed E-state index contributed by atoms with van der Waals surface area (Å²) in [6.45, 7) is 5.40. The fraction of sp³-hybridized carbons (Fsp3) is 0.273. The van der Waals surface area contributed by atoms with E-state index in [1.165, 1.54) is 35.0 Å². The van der Waals surface area contributed by atoms with Crippen molar-refractivity contribution in [1.29, 1.82) is 0 Å². The van der Waals surface area contributed by atoms with Gasteiger partial charge in [0.2, 0.25) is 0 Å². The smallest absolute Gasteiger partial charge is 0.270 e. The molecule has 4 nitrogen and oxygen atoms in total. The second-order valence-corrected chi connectivity index (χ2v) is 7.05. The molecule has 6 heteroatoms. The van der Waals surface area contributed by atoms with E-state index in [1.54, 1.807) is 19.1 Å². The molecule has 0 radical (unpaired) electrons. The van der Waals surface area contributed by atoms with Gasteiger partial charge in [-0.25, -0.2) is 13.5 Å². The van der Waals surface area contributed by atoms with E-state index in [9.17, 15) is 18.7 Å². The Morgan fingerprint density at radius 3 is 2.50 bits per heavy atom. The molecule has 1 aromatic heterocycles. The minimum Gasteiger partial charge on any atom is -0.505 e. The predicted octanol–water partition coefficient (Wildman–Crippen LogP) is 4.57. The Kier molecular flexibility index (Phi) is 5.58. The van der Waals surface area contributed by atoms with Gasteiger partial charge in [-0.15, -0.1) is 0 Å². The van der Waals surface area contributed by atoms with Gasteiger partial charge in [-0.1, -0.05) is 24.3 Å². The standard InChI is InChI=1S/C22H22F2N2O2/c1-13(2)26-22(28)18(11-10-15-6-4-7-16(23)12-15)20(14(3)25-26)17-8-5-9-19(27)21(17)24/h4-9,12-13,27H,10-11H2,1-3H3. The zero-order chi connectivity index (χ0) is 20.4. The number of aromatic nitrogens is 2. The molecule has 0 fully saturated rings. The van der Waals surface area contributed by atoms with Crippen LogP contribution in [0.1, 0.15) is 36.7 Å². The van der Waals surface area contributed by atoms with Crippen LogP contribution >= 0.6 is 0 Å². The molecule has 0 aliphatic heterocycles. The van der Waals surface area contributed by atoms with E-state index in [4.69, 9.17) is 0 Å². The molecule has 2 aromatic carbocycles. The first kappa shape index (κ1) is 19.7. The molecule has 3 rings (SSSR count). The molecule has 1 heterocycles. The van der Waals surface area contributed by atoms with Gasteiger partial charge in [-0.3, -0.25) is 4.79 Å². The highest BCUT2D eigenvalue weighted by Gasteiger charge is 2.21. The van der Waals surface area contributed by atoms with Crippen molar-refractivity contribution < 1.29 is 13.9 Å². The van der Waals surface area contributed by atoms with Crippen molar-refractivity contribution in [2.75, 3.05) is 0 Å². The molecule has 28 heavy (non-hydrogen) atoms. The van der Waals surface area contributed by atoms with Crippen LogP contribution in [-0.2, 0) is 12.8 Å². The number of benzene rings is 2. The molecular weight excluding hydrogens is 362 g/mol. The van der Waals surface area contributed by atoms with Crippen LogP contribution in [0.25, 0.3) is 11.1 Å². The zero-order valence-electron chi connectivity index (χ0n) is 16.0. The number of hydrogen-bond acceptors (Lipinski definition) is 3. The second kappa shape index (κ2) is 7.92. The van der Waals surface area contributed by atoms with E-state index in [0.29, 0.717) is 29.7 Å². The van der Waals surface area contributed by atoms with Gasteiger partial charge in [0, 0.05) is 16.7 Å². The fourth-order valence-electron chi connectivity index (χ4n) is 3.33. The summed E-state index contributed by atoms with van der Waals surface area (Å²) >= 11 is 0. The number of aromatic hydroxyl groups is 1. The summed E-state index contributed by atoms with van der Waals surface area (Å²) in [5.74, 6) is -1.62. The summed E-state index contributed by atoms with van der Waals surface area (Å²) in [4.78, 5) is 13.1. The molecule has 1 N–H and O–H groups in total. The molecule has 0 spiro atoms. The van der Waals surface area contributed by atoms with E-state index in [2.05, 4.69) is 5.10 Å². The van der Waals surface area contributed by atoms with Crippen molar-refractivity contribution in [2.24, 2.45) is 0 Å². The third-order valence-electron chi connectivity index (χ3n) is 4.68. The maximum Gasteiger partial charge on any atom is 0.270 e. The minimum absolute atomic E-state index is 0.132. The van der Waals surface area contributed by atoms with Crippen LogP contribution in [0, 0.1) is 18.6 Å². The van der Waals surface area contributed by atoms with Crippen LogP contribution in [0.2, 0.25) is 0 Å². The van der Waals surface area contributed by atoms with E-state index in [0.717, 1.165) is 5.56 Å². The van der Waals surface area contributed by atoms with Gasteiger partial charge in [-0.05, 0) is 57.4 Å². The first-order valence-electron chi connectivity index (χ1n) is 9.14. The number of hydrogen-bond donors (Lipinski definition) is 1. The monoisotopic (exact) mass is 384 g/mol. The Morgan fingerprint density at radius 1 is 1.11 bits per heavy atom. The van der Waals surface area contributed by atoms with Crippen LogP contribution in [0.5, 0.6) is 5.75 Å². The van der Waals surface area contributed by atoms with Crippen molar-refractivity contribution in [3.05, 3.63) is 81.3 Å². The highest BCUT2D eigenvalue weighted by molar-refractivity contribution is 5.71. The third kappa shape index (κ3) is 3.81. The molecule has 0 bridgehead atoms. The highest BCUT2D eigenvalue weighted by atomic mass is 19.1. The van der Waals surface area contributed by atoms with Crippen molar-refractivity contribution in [1.82, 2.24) is 9.78 Å². The number of aryl methyl sites for hydroxylation is 2. The summed E-state index contributed by atoms with van der Waals surface area (Å²) in [6.07, 6.45) is 0.713. The Balaban J connectivity index is 2.17. The second-order valence-electron chi connectivity index (χ2n) is 7.05. The first-order valence-corrected chi connectivity index (χ1v) is 9.14. The predicted molar refractivity (Wildman–Crippen MR) is 104 cm³/mol. The van der Waals surface area contributed by atoms with Gasteiger partial charge >= 0.3 is 0 Å². The normalized spacial score (nSPS) is 11.2. The van der Waals surface area contributed by atoms with Gasteiger partial charge in [0.05, 0.1) is 11.7 Å². The van der Waals surface area contributed by atoms with Crippen LogP contribution in [0.15, 0.2) is 47.3 Å². The van der Waals surface area contributed by atoms with E-state index in [1.807, 2.05) is 13.8 Å². The molecule has 0 amide bonds. The Bertz CT molecular complexity index is 1070. The Hall–Kier alpha value is -3.02. The van der Waals surface area contributed by atoms with Crippen LogP contribution in [0.4, 0.5) is 8.78 Å². The zero-order valence-corrected chi connectivity index (χ0v) is 16.0. The number of phenolic OH excluding ortho intramolecular Hbond substituents is 1. The third-order valence-corrected chi connectivity index (χ3v) is 4.68. The molecule has 0 saturated heterocycles. The van der Waals surface area contributed by atoms with Crippen LogP contribution in [0.3, 0.4) is 0 Å². The van der Waals surface area contributed by atoms with E-state index >= 15 is 0 Å². The van der Waals surface area contributed by atoms with Gasteiger partial charge < -0.3 is 5.11 Å². The van der Waals surface area contributed by atoms with Gasteiger partial charge in [0.15, 0.2) is 11.6 Å². The van der Waals surface area contributed by atoms with Gasteiger partial charge in [0.1, 0.15) is 5.82 Å². The van der Waals surface area contributed by atoms with Crippen molar-refractivity contribution in [3.63, 3.8) is 0 Å². The maximum absolute atomic E-state index is 14.6. The largest absolute Gasteiger partial charge is 0.505 e. The number of nitrogens with zero attached hydrogens (tertiary/aromatic N) is 2. The Labute approximate surface area is 162 Å². The summed E-state index contributed by atoms with van der Waals surface area (Å²) in [6, 6.07) is 10.3. The molecule has 0 aliphatic rings.